The van der Waals surface area contributed by atoms with Crippen molar-refractivity contribution in [1.82, 2.24) is 0 Å². The zero-order valence-electron chi connectivity index (χ0n) is 6.64. The summed E-state index contributed by atoms with van der Waals surface area (Å²) in [6, 6.07) is 0. The maximum Gasteiger partial charge on any atom is 0 e. The first kappa shape index (κ1) is 14.2. The van der Waals surface area contributed by atoms with Crippen LogP contribution in [-0.2, 0) is 21.1 Å². The van der Waals surface area contributed by atoms with Gasteiger partial charge in [-0.25, -0.2) is 0 Å². The van der Waals surface area contributed by atoms with Crippen molar-refractivity contribution in [1.29, 1.82) is 0 Å². The molecule has 0 fully saturated rings. The molecule has 0 aromatic carbocycles. The summed E-state index contributed by atoms with van der Waals surface area (Å²) in [5.41, 5.74) is 0. The Morgan fingerprint density at radius 1 is 0.900 bits per heavy atom. The predicted molar refractivity (Wildman–Crippen MR) is 50.2 cm³/mol. The second-order valence-corrected chi connectivity index (χ2v) is 13.0. The van der Waals surface area contributed by atoms with E-state index in [0.717, 1.165) is 18.5 Å². The average molecular weight is 384 g/mol. The Bertz CT molecular complexity index is 86.9. The molecule has 0 nitrogen and oxygen atoms in total. The van der Waals surface area contributed by atoms with E-state index in [0.29, 0.717) is 0 Å². The second-order valence-electron chi connectivity index (χ2n) is 2.40. The van der Waals surface area contributed by atoms with Crippen molar-refractivity contribution in [3.05, 3.63) is 0 Å². The maximum absolute atomic E-state index is 6.24. The average Bonchev–Trinajstić information content (AvgIpc) is 1.90. The van der Waals surface area contributed by atoms with E-state index in [1.54, 1.807) is 0 Å². The first-order chi connectivity index (χ1) is 3.96. The zero-order valence-corrected chi connectivity index (χ0v) is 11.3. The third-order valence-electron chi connectivity index (χ3n) is 2.06. The van der Waals surface area contributed by atoms with Crippen molar-refractivity contribution in [2.24, 2.45) is 0 Å². The van der Waals surface area contributed by atoms with Crippen molar-refractivity contribution in [2.45, 2.75) is 20.8 Å². The van der Waals surface area contributed by atoms with Crippen molar-refractivity contribution in [3.8, 4) is 0 Å². The van der Waals surface area contributed by atoms with Gasteiger partial charge in [0.2, 0.25) is 0 Å². The van der Waals surface area contributed by atoms with Crippen molar-refractivity contribution in [3.63, 3.8) is 0 Å². The molecule has 0 rings (SSSR count). The Balaban J connectivity index is 0. The Morgan fingerprint density at radius 3 is 1.10 bits per heavy atom. The van der Waals surface area contributed by atoms with Crippen molar-refractivity contribution < 1.29 is 21.1 Å². The van der Waals surface area contributed by atoms with Crippen LogP contribution in [0.15, 0.2) is 0 Å². The van der Waals surface area contributed by atoms with E-state index in [9.17, 15) is 0 Å². The molecule has 0 aromatic rings. The molecule has 0 aliphatic rings. The molecule has 0 unspecified atom stereocenters. The van der Waals surface area contributed by atoms with Crippen LogP contribution in [0.4, 0.5) is 0 Å². The monoisotopic (exact) mass is 383 g/mol. The Hall–Kier alpha value is 1.70. The third-order valence-corrected chi connectivity index (χ3v) is 10.5. The van der Waals surface area contributed by atoms with Crippen LogP contribution in [-0.4, -0.2) is 18.5 Å². The normalized spacial score (nSPS) is 15.1. The summed E-state index contributed by atoms with van der Waals surface area (Å²) in [6.45, 7) is 6.22. The van der Waals surface area contributed by atoms with Crippen molar-refractivity contribution >= 4 is 27.8 Å². The summed E-state index contributed by atoms with van der Waals surface area (Å²) in [7, 11) is 0. The summed E-state index contributed by atoms with van der Waals surface area (Å²) >= 11 is 12.5. The Labute approximate surface area is 87.8 Å². The van der Waals surface area contributed by atoms with Gasteiger partial charge in [0.15, 0.2) is 0 Å². The van der Waals surface area contributed by atoms with Crippen LogP contribution in [0, 0.1) is 0 Å². The third kappa shape index (κ3) is 3.91. The van der Waals surface area contributed by atoms with E-state index < -0.39 is 5.31 Å². The fourth-order valence-corrected chi connectivity index (χ4v) is 2.01. The van der Waals surface area contributed by atoms with Crippen LogP contribution in [0.1, 0.15) is 20.8 Å². The van der Waals surface area contributed by atoms with Gasteiger partial charge in [0.25, 0.3) is 0 Å². The summed E-state index contributed by atoms with van der Waals surface area (Å²) in [5, 5.41) is -2.18. The van der Waals surface area contributed by atoms with E-state index >= 15 is 0 Å². The van der Waals surface area contributed by atoms with Crippen LogP contribution in [0.25, 0.3) is 0 Å². The molecule has 10 heavy (non-hydrogen) atoms. The van der Waals surface area contributed by atoms with E-state index in [1.165, 1.54) is 0 Å². The molecular weight excluding hydrogens is 369 g/mol. The number of rotatable bonds is 3. The Morgan fingerprint density at radius 2 is 1.10 bits per heavy atom. The van der Waals surface area contributed by atoms with Gasteiger partial charge in [-0.3, -0.25) is 0 Å². The molecule has 0 radical (unpaired) electrons. The van der Waals surface area contributed by atoms with Gasteiger partial charge in [0, 0.05) is 21.1 Å². The number of halogens is 2. The minimum Gasteiger partial charge on any atom is 0 e. The molecule has 0 amide bonds. The van der Waals surface area contributed by atoms with Gasteiger partial charge in [-0.15, -0.1) is 0 Å². The minimum absolute atomic E-state index is 0. The van der Waals surface area contributed by atoms with Gasteiger partial charge < -0.3 is 0 Å². The molecule has 0 bridgehead atoms. The molecule has 4 heteroatoms. The van der Waals surface area contributed by atoms with Crippen LogP contribution >= 0.6 is 27.8 Å². The van der Waals surface area contributed by atoms with E-state index in [1.807, 2.05) is 0 Å². The standard InChI is InChI=1S/C6H15Cl2P.Pt/c1-4-9(7,8,5-2)6-3;/h4-6H2,1-3H3;. The van der Waals surface area contributed by atoms with Gasteiger partial charge in [0.05, 0.1) is 0 Å². The van der Waals surface area contributed by atoms with Crippen LogP contribution in [0.3, 0.4) is 0 Å². The summed E-state index contributed by atoms with van der Waals surface area (Å²) in [6.07, 6.45) is 2.84. The van der Waals surface area contributed by atoms with E-state index in [4.69, 9.17) is 22.5 Å². The minimum atomic E-state index is -2.18. The van der Waals surface area contributed by atoms with Gasteiger partial charge >= 0.3 is 67.0 Å². The molecule has 68 valence electrons. The molecule has 0 atom stereocenters. The van der Waals surface area contributed by atoms with Crippen LogP contribution in [0.5, 0.6) is 0 Å². The first-order valence-electron chi connectivity index (χ1n) is 3.41. The molecular formula is C6H15Cl2PPt. The number of hydrogen-bond acceptors (Lipinski definition) is 0. The molecule has 0 saturated heterocycles. The Kier molecular flexibility index (Phi) is 6.63. The summed E-state index contributed by atoms with van der Waals surface area (Å²) in [5.74, 6) is 0. The quantitative estimate of drug-likeness (QED) is 0.648. The predicted octanol–water partition coefficient (Wildman–Crippen LogP) is 3.90. The largest absolute Gasteiger partial charge is 0 e. The topological polar surface area (TPSA) is 0 Å². The van der Waals surface area contributed by atoms with Crippen LogP contribution < -0.4 is 0 Å². The molecule has 0 aromatic heterocycles. The molecule has 0 heterocycles. The van der Waals surface area contributed by atoms with Crippen molar-refractivity contribution in [2.75, 3.05) is 18.5 Å². The molecule has 0 aliphatic heterocycles. The summed E-state index contributed by atoms with van der Waals surface area (Å²) < 4.78 is 0. The van der Waals surface area contributed by atoms with Gasteiger partial charge in [-0.05, 0) is 0 Å². The molecule has 0 aliphatic carbocycles. The van der Waals surface area contributed by atoms with Crippen LogP contribution in [0.2, 0.25) is 0 Å². The molecule has 0 spiro atoms. The van der Waals surface area contributed by atoms with Gasteiger partial charge in [-0.2, -0.15) is 0 Å². The fourth-order valence-electron chi connectivity index (χ4n) is 0.671. The first-order valence-corrected chi connectivity index (χ1v) is 8.01. The number of hydrogen-bond donors (Lipinski definition) is 0. The fraction of sp³-hybridized carbons (Fsp3) is 1.00. The summed E-state index contributed by atoms with van der Waals surface area (Å²) in [4.78, 5) is 0. The zero-order chi connectivity index (χ0) is 7.57. The smallest absolute Gasteiger partial charge is 0 e. The SMILES string of the molecule is CCP(Cl)(Cl)(CC)CC.[Pt]. The van der Waals surface area contributed by atoms with E-state index in [-0.39, 0.29) is 21.1 Å². The van der Waals surface area contributed by atoms with Gasteiger partial charge in [0.1, 0.15) is 0 Å². The van der Waals surface area contributed by atoms with E-state index in [2.05, 4.69) is 20.8 Å². The molecule has 0 N–H and O–H groups in total. The van der Waals surface area contributed by atoms with Gasteiger partial charge in [-0.1, -0.05) is 0 Å². The molecule has 0 saturated carbocycles. The maximum atomic E-state index is 6.24. The second kappa shape index (κ2) is 4.66.